The highest BCUT2D eigenvalue weighted by molar-refractivity contribution is 7.23. The smallest absolute Gasteiger partial charge is 0.348 e. The van der Waals surface area contributed by atoms with Crippen LogP contribution in [0.4, 0.5) is 0 Å². The summed E-state index contributed by atoms with van der Waals surface area (Å²) in [4.78, 5) is 66.6. The van der Waals surface area contributed by atoms with Crippen LogP contribution in [0.25, 0.3) is 41.1 Å². The molecule has 8 nitrogen and oxygen atoms in total. The highest BCUT2D eigenvalue weighted by atomic mass is 32.1. The SMILES string of the molecule is CCCCC(CC)COC(=O)c1ccc(-c2c3ccsc3c(-c3ccc(C(=O)OCC(CC)CCCC)s3)c3ccsc23)s1.CCCCC(CC)COC(=O)c1cccs1.O=C1c2ccsc2C(=O)c2ccsc21. The average Bonchev–Trinajstić information content (AvgIpc) is 4.28. The first-order chi connectivity index (χ1) is 36.0. The molecule has 0 bridgehead atoms. The van der Waals surface area contributed by atoms with Crippen LogP contribution in [0.3, 0.4) is 0 Å². The molecule has 1 aliphatic carbocycles. The number of thiophene rings is 7. The van der Waals surface area contributed by atoms with Crippen LogP contribution in [-0.2, 0) is 14.2 Å². The third kappa shape index (κ3) is 14.1. The third-order valence-electron chi connectivity index (χ3n) is 13.4. The van der Waals surface area contributed by atoms with Crippen molar-refractivity contribution in [2.24, 2.45) is 17.8 Å². The second-order valence-electron chi connectivity index (χ2n) is 18.4. The van der Waals surface area contributed by atoms with Gasteiger partial charge in [-0.2, -0.15) is 0 Å². The van der Waals surface area contributed by atoms with Gasteiger partial charge < -0.3 is 14.2 Å². The molecule has 9 rings (SSSR count). The van der Waals surface area contributed by atoms with E-state index in [4.69, 9.17) is 14.2 Å². The van der Waals surface area contributed by atoms with Gasteiger partial charge in [-0.15, -0.1) is 79.4 Å². The number of ketones is 2. The molecule has 0 saturated heterocycles. The first-order valence-corrected chi connectivity index (χ1v) is 32.0. The molecule has 0 fully saturated rings. The van der Waals surface area contributed by atoms with Crippen LogP contribution < -0.4 is 0 Å². The van der Waals surface area contributed by atoms with Crippen LogP contribution in [-0.4, -0.2) is 49.3 Å². The normalized spacial score (nSPS) is 13.1. The van der Waals surface area contributed by atoms with E-state index < -0.39 is 0 Å². The van der Waals surface area contributed by atoms with Crippen LogP contribution in [0, 0.1) is 17.8 Å². The van der Waals surface area contributed by atoms with Crippen molar-refractivity contribution in [3.05, 3.63) is 123 Å². The first-order valence-electron chi connectivity index (χ1n) is 25.9. The van der Waals surface area contributed by atoms with E-state index in [0.717, 1.165) is 74.0 Å². The minimum absolute atomic E-state index is 0.00847. The Morgan fingerprint density at radius 3 is 1.20 bits per heavy atom. The number of benzene rings is 1. The molecule has 0 amide bonds. The minimum Gasteiger partial charge on any atom is -0.461 e. The van der Waals surface area contributed by atoms with Gasteiger partial charge in [0.1, 0.15) is 14.6 Å². The number of rotatable bonds is 23. The number of ether oxygens (including phenoxy) is 3. The largest absolute Gasteiger partial charge is 0.461 e. The first kappa shape index (κ1) is 57.1. The van der Waals surface area contributed by atoms with Crippen LogP contribution in [0.5, 0.6) is 0 Å². The fourth-order valence-electron chi connectivity index (χ4n) is 8.75. The molecule has 74 heavy (non-hydrogen) atoms. The summed E-state index contributed by atoms with van der Waals surface area (Å²) in [6.07, 6.45) is 13.5. The summed E-state index contributed by atoms with van der Waals surface area (Å²) in [5.41, 5.74) is 3.47. The zero-order chi connectivity index (χ0) is 52.6. The Balaban J connectivity index is 0.000000214. The molecule has 0 radical (unpaired) electrons. The Hall–Kier alpha value is -4.61. The molecule has 1 aliphatic rings. The lowest BCUT2D eigenvalue weighted by Gasteiger charge is -2.14. The van der Waals surface area contributed by atoms with Gasteiger partial charge in [-0.05, 0) is 119 Å². The maximum Gasteiger partial charge on any atom is 0.348 e. The third-order valence-corrected chi connectivity index (χ3v) is 20.1. The van der Waals surface area contributed by atoms with Crippen LogP contribution in [0.15, 0.2) is 87.6 Å². The van der Waals surface area contributed by atoms with E-state index in [-0.39, 0.29) is 29.5 Å². The van der Waals surface area contributed by atoms with E-state index in [9.17, 15) is 24.0 Å². The van der Waals surface area contributed by atoms with Gasteiger partial charge in [0, 0.05) is 52.2 Å². The molecule has 3 atom stereocenters. The van der Waals surface area contributed by atoms with Gasteiger partial charge in [0.25, 0.3) is 0 Å². The van der Waals surface area contributed by atoms with Crippen molar-refractivity contribution in [3.8, 4) is 20.9 Å². The average molecular weight is 1130 g/mol. The van der Waals surface area contributed by atoms with E-state index in [1.807, 2.05) is 23.6 Å². The van der Waals surface area contributed by atoms with Gasteiger partial charge in [0.15, 0.2) is 0 Å². The molecule has 8 aromatic rings. The molecule has 7 heterocycles. The molecule has 0 saturated carbocycles. The zero-order valence-electron chi connectivity index (χ0n) is 43.1. The van der Waals surface area contributed by atoms with Crippen molar-refractivity contribution in [2.75, 3.05) is 19.8 Å². The highest BCUT2D eigenvalue weighted by Gasteiger charge is 2.31. The van der Waals surface area contributed by atoms with Crippen LogP contribution in [0.1, 0.15) is 178 Å². The van der Waals surface area contributed by atoms with Gasteiger partial charge in [-0.1, -0.05) is 105 Å². The lowest BCUT2D eigenvalue weighted by Crippen LogP contribution is -2.15. The number of esters is 3. The van der Waals surface area contributed by atoms with Crippen molar-refractivity contribution in [2.45, 2.75) is 119 Å². The van der Waals surface area contributed by atoms with Crippen molar-refractivity contribution in [1.29, 1.82) is 0 Å². The monoisotopic (exact) mass is 1130 g/mol. The molecule has 0 N–H and O–H groups in total. The Bertz CT molecular complexity index is 2820. The van der Waals surface area contributed by atoms with E-state index in [1.54, 1.807) is 51.6 Å². The Morgan fingerprint density at radius 1 is 0.446 bits per heavy atom. The molecule has 392 valence electrons. The summed E-state index contributed by atoms with van der Waals surface area (Å²) in [6.45, 7) is 14.6. The summed E-state index contributed by atoms with van der Waals surface area (Å²) >= 11 is 10.6. The topological polar surface area (TPSA) is 113 Å². The maximum absolute atomic E-state index is 13.0. The summed E-state index contributed by atoms with van der Waals surface area (Å²) < 4.78 is 19.2. The fourth-order valence-corrected chi connectivity index (χ4v) is 15.1. The van der Waals surface area contributed by atoms with Gasteiger partial charge >= 0.3 is 17.9 Å². The molecular weight excluding hydrogens is 1060 g/mol. The van der Waals surface area contributed by atoms with E-state index in [1.165, 1.54) is 101 Å². The van der Waals surface area contributed by atoms with Crippen molar-refractivity contribution < 1.29 is 38.2 Å². The summed E-state index contributed by atoms with van der Waals surface area (Å²) in [6, 6.07) is 19.4. The van der Waals surface area contributed by atoms with E-state index >= 15 is 0 Å². The quantitative estimate of drug-likeness (QED) is 0.0460. The van der Waals surface area contributed by atoms with Crippen molar-refractivity contribution >= 4 is 129 Å². The van der Waals surface area contributed by atoms with Crippen LogP contribution in [0.2, 0.25) is 0 Å². The molecule has 1 aromatic carbocycles. The number of fused-ring (bicyclic) bond motifs is 4. The second-order valence-corrected chi connectivity index (χ2v) is 25.2. The Kier molecular flexibility index (Phi) is 22.0. The highest BCUT2D eigenvalue weighted by Crippen LogP contribution is 2.50. The molecule has 3 unspecified atom stereocenters. The lowest BCUT2D eigenvalue weighted by atomic mass is 9.96. The molecule has 0 aliphatic heterocycles. The number of unbranched alkanes of at least 4 members (excludes halogenated alkanes) is 3. The second kappa shape index (κ2) is 28.5. The molecular formula is C59H66O8S7. The zero-order valence-corrected chi connectivity index (χ0v) is 48.8. The minimum atomic E-state index is -0.231. The Labute approximate surface area is 463 Å². The van der Waals surface area contributed by atoms with E-state index in [2.05, 4.69) is 76.6 Å². The van der Waals surface area contributed by atoms with Gasteiger partial charge in [0.2, 0.25) is 11.6 Å². The fraction of sp³-hybridized carbons (Fsp3) is 0.407. The summed E-state index contributed by atoms with van der Waals surface area (Å²) in [5, 5.41) is 12.1. The predicted octanol–water partition coefficient (Wildman–Crippen LogP) is 19.0. The number of carbonyl (C=O) groups is 5. The standard InChI is InChI=1S/C36H42O4S4.C13H20O2S.C10H4O2S2/c1-5-9-11-23(7-3)21-39-35(37)29-15-13-27(43-29)31-25-17-19-42-34(25)32(26-18-20-41-33(26)31)28-14-16-30(44-28)36(38)40-22-24(8-4)12-10-6-2;1-3-5-7-11(4-2)10-15-13(14)12-8-6-9-16-12;11-7-5-1-3-13-9(5)8(12)6-2-4-14-10(6)7/h13-20,23-24H,5-12,21-22H2,1-4H3;6,8-9,11H,3-5,7,10H2,1-2H3;1-4H. The van der Waals surface area contributed by atoms with E-state index in [0.29, 0.717) is 73.1 Å². The van der Waals surface area contributed by atoms with Gasteiger partial charge in [-0.3, -0.25) is 9.59 Å². The predicted molar refractivity (Wildman–Crippen MR) is 314 cm³/mol. The Morgan fingerprint density at radius 2 is 0.838 bits per heavy atom. The molecule has 15 heteroatoms. The van der Waals surface area contributed by atoms with Crippen molar-refractivity contribution in [3.63, 3.8) is 0 Å². The number of hydrogen-bond acceptors (Lipinski definition) is 15. The van der Waals surface area contributed by atoms with Crippen LogP contribution >= 0.6 is 79.4 Å². The van der Waals surface area contributed by atoms with Crippen molar-refractivity contribution in [1.82, 2.24) is 0 Å². The van der Waals surface area contributed by atoms with Gasteiger partial charge in [-0.25, -0.2) is 14.4 Å². The maximum atomic E-state index is 13.0. The number of carbonyl (C=O) groups excluding carboxylic acids is 5. The molecule has 0 spiro atoms. The molecule has 7 aromatic heterocycles. The lowest BCUT2D eigenvalue weighted by molar-refractivity contribution is 0.0425. The summed E-state index contributed by atoms with van der Waals surface area (Å²) in [7, 11) is 0. The number of hydrogen-bond donors (Lipinski definition) is 0. The van der Waals surface area contributed by atoms with Gasteiger partial charge in [0.05, 0.1) is 29.6 Å². The summed E-state index contributed by atoms with van der Waals surface area (Å²) in [5.74, 6) is 0.697.